The number of pyridine rings is 2. The molecule has 1 aromatic carbocycles. The first kappa shape index (κ1) is 18.0. The second kappa shape index (κ2) is 6.84. The molecule has 2 heterocycles. The predicted octanol–water partition coefficient (Wildman–Crippen LogP) is 4.96. The van der Waals surface area contributed by atoms with E-state index >= 15 is 0 Å². The van der Waals surface area contributed by atoms with Gasteiger partial charge in [0.05, 0.1) is 17.1 Å². The van der Waals surface area contributed by atoms with Gasteiger partial charge < -0.3 is 5.11 Å². The number of rotatable bonds is 4. The molecule has 0 saturated carbocycles. The van der Waals surface area contributed by atoms with Gasteiger partial charge in [-0.15, -0.1) is 0 Å². The molecule has 132 valence electrons. The third-order valence-electron chi connectivity index (χ3n) is 4.21. The Hall–Kier alpha value is -2.79. The number of halogens is 2. The van der Waals surface area contributed by atoms with Crippen molar-refractivity contribution in [1.82, 2.24) is 9.97 Å². The van der Waals surface area contributed by atoms with Crippen LogP contribution in [-0.4, -0.2) is 21.0 Å². The van der Waals surface area contributed by atoms with E-state index in [-0.39, 0.29) is 5.69 Å². The Morgan fingerprint density at radius 3 is 2.35 bits per heavy atom. The van der Waals surface area contributed by atoms with E-state index in [0.717, 1.165) is 0 Å². The van der Waals surface area contributed by atoms with Gasteiger partial charge in [0.25, 0.3) is 0 Å². The molecule has 0 spiro atoms. The molecule has 1 N–H and O–H groups in total. The lowest BCUT2D eigenvalue weighted by molar-refractivity contribution is 0.0690. The van der Waals surface area contributed by atoms with Gasteiger partial charge in [-0.1, -0.05) is 23.7 Å². The fraction of sp³-hybridized carbons (Fsp3) is 0.150. The van der Waals surface area contributed by atoms with Gasteiger partial charge in [-0.3, -0.25) is 4.98 Å². The molecule has 0 bridgehead atoms. The normalized spacial score (nSPS) is 11.4. The minimum Gasteiger partial charge on any atom is -0.477 e. The van der Waals surface area contributed by atoms with E-state index in [1.165, 1.54) is 12.1 Å². The zero-order valence-corrected chi connectivity index (χ0v) is 15.0. The number of aromatic nitrogens is 2. The van der Waals surface area contributed by atoms with Crippen molar-refractivity contribution in [3.05, 3.63) is 82.5 Å². The molecule has 0 unspecified atom stereocenters. The van der Waals surface area contributed by atoms with Crippen molar-refractivity contribution in [1.29, 1.82) is 0 Å². The van der Waals surface area contributed by atoms with Gasteiger partial charge in [0.15, 0.2) is 0 Å². The Morgan fingerprint density at radius 2 is 1.69 bits per heavy atom. The summed E-state index contributed by atoms with van der Waals surface area (Å²) in [6.45, 7) is 3.79. The Kier molecular flexibility index (Phi) is 4.74. The van der Waals surface area contributed by atoms with Crippen molar-refractivity contribution >= 4 is 17.6 Å². The Labute approximate surface area is 155 Å². The Morgan fingerprint density at radius 1 is 1.04 bits per heavy atom. The van der Waals surface area contributed by atoms with Crippen molar-refractivity contribution in [2.75, 3.05) is 0 Å². The quantitative estimate of drug-likeness (QED) is 0.705. The van der Waals surface area contributed by atoms with Crippen LogP contribution >= 0.6 is 11.6 Å². The molecular formula is C20H16ClFN2O2. The van der Waals surface area contributed by atoms with E-state index < -0.39 is 17.2 Å². The molecule has 0 amide bonds. The van der Waals surface area contributed by atoms with Crippen molar-refractivity contribution < 1.29 is 14.3 Å². The van der Waals surface area contributed by atoms with Gasteiger partial charge >= 0.3 is 5.97 Å². The molecule has 0 atom stereocenters. The maximum atomic E-state index is 14.2. The van der Waals surface area contributed by atoms with Gasteiger partial charge in [0.1, 0.15) is 11.5 Å². The molecule has 0 saturated heterocycles. The standard InChI is InChI=1S/C20H16ClFN2O2/c1-20(2,18-8-4-6-16(24-18)19(25)26)17-7-3-5-15(23-17)13-10-9-12(21)11-14(13)22/h3-11H,1-2H3,(H,25,26). The minimum atomic E-state index is -1.09. The van der Waals surface area contributed by atoms with Crippen molar-refractivity contribution in [3.8, 4) is 11.3 Å². The van der Waals surface area contributed by atoms with E-state index in [4.69, 9.17) is 16.7 Å². The summed E-state index contributed by atoms with van der Waals surface area (Å²) in [5.74, 6) is -1.54. The van der Waals surface area contributed by atoms with Crippen LogP contribution in [0.15, 0.2) is 54.6 Å². The topological polar surface area (TPSA) is 63.1 Å². The highest BCUT2D eigenvalue weighted by Gasteiger charge is 2.27. The summed E-state index contributed by atoms with van der Waals surface area (Å²) in [6, 6.07) is 14.6. The van der Waals surface area contributed by atoms with Gasteiger partial charge in [-0.05, 0) is 56.3 Å². The predicted molar refractivity (Wildman–Crippen MR) is 98.0 cm³/mol. The summed E-state index contributed by atoms with van der Waals surface area (Å²) in [7, 11) is 0. The summed E-state index contributed by atoms with van der Waals surface area (Å²) >= 11 is 5.81. The lowest BCUT2D eigenvalue weighted by atomic mass is 9.84. The fourth-order valence-electron chi connectivity index (χ4n) is 2.66. The lowest BCUT2D eigenvalue weighted by Crippen LogP contribution is -2.23. The molecule has 0 aliphatic rings. The van der Waals surface area contributed by atoms with Crippen molar-refractivity contribution in [2.24, 2.45) is 0 Å². The second-order valence-electron chi connectivity index (χ2n) is 6.37. The van der Waals surface area contributed by atoms with Crippen molar-refractivity contribution in [3.63, 3.8) is 0 Å². The highest BCUT2D eigenvalue weighted by molar-refractivity contribution is 6.30. The molecule has 26 heavy (non-hydrogen) atoms. The van der Waals surface area contributed by atoms with Crippen LogP contribution in [0.25, 0.3) is 11.3 Å². The molecule has 6 heteroatoms. The molecule has 4 nitrogen and oxygen atoms in total. The van der Waals surface area contributed by atoms with Crippen LogP contribution in [0.1, 0.15) is 35.7 Å². The average molecular weight is 371 g/mol. The third-order valence-corrected chi connectivity index (χ3v) is 4.44. The van der Waals surface area contributed by atoms with E-state index in [1.807, 2.05) is 19.9 Å². The molecule has 3 aromatic rings. The highest BCUT2D eigenvalue weighted by atomic mass is 35.5. The molecular weight excluding hydrogens is 355 g/mol. The van der Waals surface area contributed by atoms with E-state index in [0.29, 0.717) is 27.7 Å². The maximum Gasteiger partial charge on any atom is 0.354 e. The first-order valence-electron chi connectivity index (χ1n) is 7.93. The number of nitrogens with zero attached hydrogens (tertiary/aromatic N) is 2. The molecule has 0 aliphatic heterocycles. The number of hydrogen-bond acceptors (Lipinski definition) is 3. The molecule has 3 rings (SSSR count). The summed E-state index contributed by atoms with van der Waals surface area (Å²) in [5.41, 5.74) is 1.34. The monoisotopic (exact) mass is 370 g/mol. The van der Waals surface area contributed by atoms with Gasteiger partial charge in [-0.2, -0.15) is 0 Å². The van der Waals surface area contributed by atoms with E-state index in [1.54, 1.807) is 36.4 Å². The van der Waals surface area contributed by atoms with Crippen LogP contribution in [0.4, 0.5) is 4.39 Å². The SMILES string of the molecule is CC(C)(c1cccc(C(=O)O)n1)c1cccc(-c2ccc(Cl)cc2F)n1. The number of carbonyl (C=O) groups is 1. The number of aromatic carboxylic acids is 1. The smallest absolute Gasteiger partial charge is 0.354 e. The number of benzene rings is 1. The van der Waals surface area contributed by atoms with Gasteiger partial charge in [0, 0.05) is 16.0 Å². The second-order valence-corrected chi connectivity index (χ2v) is 6.81. The van der Waals surface area contributed by atoms with Crippen LogP contribution in [-0.2, 0) is 5.41 Å². The Balaban J connectivity index is 2.06. The van der Waals surface area contributed by atoms with Crippen molar-refractivity contribution in [2.45, 2.75) is 19.3 Å². The Bertz CT molecular complexity index is 989. The number of carboxylic acid groups (broad SMARTS) is 1. The fourth-order valence-corrected chi connectivity index (χ4v) is 2.82. The molecule has 2 aromatic heterocycles. The van der Waals surface area contributed by atoms with E-state index in [2.05, 4.69) is 9.97 Å². The van der Waals surface area contributed by atoms with Crippen LogP contribution in [0.2, 0.25) is 5.02 Å². The number of hydrogen-bond donors (Lipinski definition) is 1. The zero-order chi connectivity index (χ0) is 18.9. The highest BCUT2D eigenvalue weighted by Crippen LogP contribution is 2.31. The first-order valence-corrected chi connectivity index (χ1v) is 8.30. The third kappa shape index (κ3) is 3.44. The summed E-state index contributed by atoms with van der Waals surface area (Å²) in [4.78, 5) is 20.0. The van der Waals surface area contributed by atoms with Crippen LogP contribution < -0.4 is 0 Å². The molecule has 0 radical (unpaired) electrons. The molecule has 0 aliphatic carbocycles. The van der Waals surface area contributed by atoms with E-state index in [9.17, 15) is 9.18 Å². The molecule has 0 fully saturated rings. The first-order chi connectivity index (χ1) is 12.3. The summed E-state index contributed by atoms with van der Waals surface area (Å²) in [5, 5.41) is 9.48. The van der Waals surface area contributed by atoms with Crippen LogP contribution in [0.3, 0.4) is 0 Å². The summed E-state index contributed by atoms with van der Waals surface area (Å²) in [6.07, 6.45) is 0. The average Bonchev–Trinajstić information content (AvgIpc) is 2.62. The van der Waals surface area contributed by atoms with Gasteiger partial charge in [0.2, 0.25) is 0 Å². The minimum absolute atomic E-state index is 0.0320. The van der Waals surface area contributed by atoms with Crippen LogP contribution in [0, 0.1) is 5.82 Å². The largest absolute Gasteiger partial charge is 0.477 e. The summed E-state index contributed by atoms with van der Waals surface area (Å²) < 4.78 is 14.2. The van der Waals surface area contributed by atoms with Crippen LogP contribution in [0.5, 0.6) is 0 Å². The maximum absolute atomic E-state index is 14.2. The van der Waals surface area contributed by atoms with Gasteiger partial charge in [-0.25, -0.2) is 14.2 Å². The zero-order valence-electron chi connectivity index (χ0n) is 14.2. The number of carboxylic acids is 1. The lowest BCUT2D eigenvalue weighted by Gasteiger charge is -2.24.